The highest BCUT2D eigenvalue weighted by molar-refractivity contribution is 5.71. The maximum Gasteiger partial charge on any atom is 0.308 e. The van der Waals surface area contributed by atoms with Crippen molar-refractivity contribution in [3.8, 4) is 0 Å². The van der Waals surface area contributed by atoms with Gasteiger partial charge in [0, 0.05) is 13.1 Å². The lowest BCUT2D eigenvalue weighted by Crippen LogP contribution is -2.25. The number of rotatable bonds is 4. The van der Waals surface area contributed by atoms with Gasteiger partial charge in [-0.25, -0.2) is 0 Å². The first kappa shape index (κ1) is 11.5. The lowest BCUT2D eigenvalue weighted by molar-refractivity contribution is -0.142. The first-order valence-electron chi connectivity index (χ1n) is 5.46. The molecule has 0 aromatic heterocycles. The average Bonchev–Trinajstić information content (AvgIpc) is 2.43. The number of nitrogens with zero attached hydrogens (tertiary/aromatic N) is 1. The standard InChI is InChI=1S/C11H21NO2/c1-8(2)4-5-12-6-9(3)10(7-12)11(13)14/h8-10H,4-7H2,1-3H3,(H,13,14). The first-order valence-corrected chi connectivity index (χ1v) is 5.46. The Kier molecular flexibility index (Phi) is 3.93. The van der Waals surface area contributed by atoms with Crippen LogP contribution in [-0.2, 0) is 4.79 Å². The van der Waals surface area contributed by atoms with Gasteiger partial charge in [0.1, 0.15) is 0 Å². The fourth-order valence-corrected chi connectivity index (χ4v) is 2.01. The van der Waals surface area contributed by atoms with Crippen molar-refractivity contribution in [1.29, 1.82) is 0 Å². The van der Waals surface area contributed by atoms with Crippen LogP contribution in [0.1, 0.15) is 27.2 Å². The van der Waals surface area contributed by atoms with E-state index in [1.165, 1.54) is 6.42 Å². The van der Waals surface area contributed by atoms with E-state index in [2.05, 4.69) is 18.7 Å². The summed E-state index contributed by atoms with van der Waals surface area (Å²) < 4.78 is 0. The largest absolute Gasteiger partial charge is 0.481 e. The van der Waals surface area contributed by atoms with Crippen molar-refractivity contribution in [2.45, 2.75) is 27.2 Å². The van der Waals surface area contributed by atoms with Crippen molar-refractivity contribution in [2.75, 3.05) is 19.6 Å². The Bertz CT molecular complexity index is 203. The van der Waals surface area contributed by atoms with Crippen LogP contribution in [-0.4, -0.2) is 35.6 Å². The number of carboxylic acids is 1. The second-order valence-corrected chi connectivity index (χ2v) is 4.86. The third-order valence-electron chi connectivity index (χ3n) is 3.03. The van der Waals surface area contributed by atoms with E-state index in [1.54, 1.807) is 0 Å². The summed E-state index contributed by atoms with van der Waals surface area (Å²) in [6, 6.07) is 0. The van der Waals surface area contributed by atoms with Gasteiger partial charge in [0.05, 0.1) is 5.92 Å². The molecule has 1 fully saturated rings. The van der Waals surface area contributed by atoms with E-state index in [1.807, 2.05) is 6.92 Å². The Labute approximate surface area is 86.1 Å². The number of hydrogen-bond acceptors (Lipinski definition) is 2. The lowest BCUT2D eigenvalue weighted by Gasteiger charge is -2.16. The molecule has 0 aliphatic carbocycles. The molecule has 0 spiro atoms. The monoisotopic (exact) mass is 199 g/mol. The van der Waals surface area contributed by atoms with Gasteiger partial charge in [-0.3, -0.25) is 4.79 Å². The highest BCUT2D eigenvalue weighted by atomic mass is 16.4. The molecule has 3 nitrogen and oxygen atoms in total. The minimum Gasteiger partial charge on any atom is -0.481 e. The molecule has 1 saturated heterocycles. The highest BCUT2D eigenvalue weighted by Crippen LogP contribution is 2.23. The zero-order valence-electron chi connectivity index (χ0n) is 9.36. The molecule has 14 heavy (non-hydrogen) atoms. The van der Waals surface area contributed by atoms with E-state index >= 15 is 0 Å². The van der Waals surface area contributed by atoms with Crippen LogP contribution in [0.25, 0.3) is 0 Å². The van der Waals surface area contributed by atoms with Gasteiger partial charge in [-0.05, 0) is 24.8 Å². The van der Waals surface area contributed by atoms with Crippen molar-refractivity contribution in [1.82, 2.24) is 4.90 Å². The second kappa shape index (κ2) is 4.78. The zero-order chi connectivity index (χ0) is 10.7. The molecule has 2 atom stereocenters. The van der Waals surface area contributed by atoms with Crippen molar-refractivity contribution in [2.24, 2.45) is 17.8 Å². The predicted molar refractivity (Wildman–Crippen MR) is 56.2 cm³/mol. The molecular formula is C11H21NO2. The highest BCUT2D eigenvalue weighted by Gasteiger charge is 2.34. The van der Waals surface area contributed by atoms with Crippen LogP contribution in [0.5, 0.6) is 0 Å². The molecule has 1 N–H and O–H groups in total. The molecular weight excluding hydrogens is 178 g/mol. The Hall–Kier alpha value is -0.570. The molecule has 1 heterocycles. The van der Waals surface area contributed by atoms with Crippen LogP contribution in [0.4, 0.5) is 0 Å². The lowest BCUT2D eigenvalue weighted by atomic mass is 9.99. The molecule has 2 unspecified atom stereocenters. The van der Waals surface area contributed by atoms with Gasteiger partial charge < -0.3 is 10.0 Å². The van der Waals surface area contributed by atoms with E-state index in [4.69, 9.17) is 5.11 Å². The van der Waals surface area contributed by atoms with Gasteiger partial charge in [-0.1, -0.05) is 20.8 Å². The summed E-state index contributed by atoms with van der Waals surface area (Å²) in [7, 11) is 0. The normalized spacial score (nSPS) is 28.6. The molecule has 1 rings (SSSR count). The number of likely N-dealkylation sites (tertiary alicyclic amines) is 1. The molecule has 0 saturated carbocycles. The summed E-state index contributed by atoms with van der Waals surface area (Å²) in [5.41, 5.74) is 0. The van der Waals surface area contributed by atoms with Crippen LogP contribution >= 0.6 is 0 Å². The smallest absolute Gasteiger partial charge is 0.308 e. The van der Waals surface area contributed by atoms with Gasteiger partial charge in [0.25, 0.3) is 0 Å². The summed E-state index contributed by atoms with van der Waals surface area (Å²) in [5, 5.41) is 8.95. The number of carbonyl (C=O) groups is 1. The van der Waals surface area contributed by atoms with Gasteiger partial charge >= 0.3 is 5.97 Å². The second-order valence-electron chi connectivity index (χ2n) is 4.86. The molecule has 0 radical (unpaired) electrons. The van der Waals surface area contributed by atoms with E-state index < -0.39 is 5.97 Å². The summed E-state index contributed by atoms with van der Waals surface area (Å²) >= 11 is 0. The minimum atomic E-state index is -0.635. The van der Waals surface area contributed by atoms with E-state index in [9.17, 15) is 4.79 Å². The van der Waals surface area contributed by atoms with Crippen LogP contribution < -0.4 is 0 Å². The molecule has 1 aliphatic heterocycles. The van der Waals surface area contributed by atoms with Gasteiger partial charge in [0.15, 0.2) is 0 Å². The minimum absolute atomic E-state index is 0.151. The van der Waals surface area contributed by atoms with Gasteiger partial charge in [-0.2, -0.15) is 0 Å². The van der Waals surface area contributed by atoms with Crippen molar-refractivity contribution in [3.05, 3.63) is 0 Å². The summed E-state index contributed by atoms with van der Waals surface area (Å²) in [5.74, 6) is 0.223. The quantitative estimate of drug-likeness (QED) is 0.749. The van der Waals surface area contributed by atoms with E-state index in [0.717, 1.165) is 19.6 Å². The van der Waals surface area contributed by atoms with Crippen LogP contribution in [0, 0.1) is 17.8 Å². The van der Waals surface area contributed by atoms with Crippen LogP contribution in [0.2, 0.25) is 0 Å². The number of aliphatic carboxylic acids is 1. The summed E-state index contributed by atoms with van der Waals surface area (Å²) in [4.78, 5) is 13.2. The molecule has 0 bridgehead atoms. The van der Waals surface area contributed by atoms with Crippen LogP contribution in [0.15, 0.2) is 0 Å². The number of hydrogen-bond donors (Lipinski definition) is 1. The molecule has 3 heteroatoms. The van der Waals surface area contributed by atoms with E-state index in [0.29, 0.717) is 11.8 Å². The Balaban J connectivity index is 2.35. The van der Waals surface area contributed by atoms with Crippen molar-refractivity contribution < 1.29 is 9.90 Å². The maximum atomic E-state index is 10.9. The molecule has 0 aromatic rings. The Morgan fingerprint density at radius 3 is 2.57 bits per heavy atom. The first-order chi connectivity index (χ1) is 6.50. The third-order valence-corrected chi connectivity index (χ3v) is 3.03. The summed E-state index contributed by atoms with van der Waals surface area (Å²) in [6.07, 6.45) is 1.17. The Morgan fingerprint density at radius 2 is 2.14 bits per heavy atom. The Morgan fingerprint density at radius 1 is 1.50 bits per heavy atom. The summed E-state index contributed by atoms with van der Waals surface area (Å²) in [6.45, 7) is 9.18. The fraction of sp³-hybridized carbons (Fsp3) is 0.909. The fourth-order valence-electron chi connectivity index (χ4n) is 2.01. The van der Waals surface area contributed by atoms with Crippen molar-refractivity contribution in [3.63, 3.8) is 0 Å². The molecule has 0 amide bonds. The van der Waals surface area contributed by atoms with Crippen molar-refractivity contribution >= 4 is 5.97 Å². The molecule has 0 aromatic carbocycles. The zero-order valence-corrected chi connectivity index (χ0v) is 9.36. The predicted octanol–water partition coefficient (Wildman–Crippen LogP) is 1.69. The molecule has 82 valence electrons. The SMILES string of the molecule is CC(C)CCN1CC(C)C(C(=O)O)C1. The maximum absolute atomic E-state index is 10.9. The van der Waals surface area contributed by atoms with Gasteiger partial charge in [-0.15, -0.1) is 0 Å². The van der Waals surface area contributed by atoms with E-state index in [-0.39, 0.29) is 5.92 Å². The third kappa shape index (κ3) is 2.98. The topological polar surface area (TPSA) is 40.5 Å². The molecule has 1 aliphatic rings. The van der Waals surface area contributed by atoms with Crippen LogP contribution in [0.3, 0.4) is 0 Å². The van der Waals surface area contributed by atoms with Gasteiger partial charge in [0.2, 0.25) is 0 Å². The average molecular weight is 199 g/mol. The number of carboxylic acid groups (broad SMARTS) is 1.